The van der Waals surface area contributed by atoms with Crippen LogP contribution in [-0.4, -0.2) is 29.9 Å². The van der Waals surface area contributed by atoms with Crippen molar-refractivity contribution in [2.45, 2.75) is 33.4 Å². The lowest BCUT2D eigenvalue weighted by Gasteiger charge is -2.23. The van der Waals surface area contributed by atoms with Crippen molar-refractivity contribution in [3.05, 3.63) is 37.5 Å². The average molecular weight is 324 g/mol. The molecule has 21 heavy (non-hydrogen) atoms. The second-order valence-corrected chi connectivity index (χ2v) is 7.54. The van der Waals surface area contributed by atoms with Gasteiger partial charge in [-0.15, -0.1) is 22.7 Å². The number of aryl methyl sites for hydroxylation is 2. The van der Waals surface area contributed by atoms with Gasteiger partial charge in [0.05, 0.1) is 28.2 Å². The number of aromatic nitrogens is 1. The molecule has 0 aliphatic rings. The van der Waals surface area contributed by atoms with Gasteiger partial charge in [0.25, 0.3) is 5.91 Å². The van der Waals surface area contributed by atoms with Crippen molar-refractivity contribution < 1.29 is 9.53 Å². The Bertz CT molecular complexity index is 633. The molecule has 0 N–H and O–H groups in total. The summed E-state index contributed by atoms with van der Waals surface area (Å²) in [7, 11) is 3.49. The zero-order valence-corrected chi connectivity index (χ0v) is 14.6. The van der Waals surface area contributed by atoms with Gasteiger partial charge in [0.2, 0.25) is 0 Å². The fourth-order valence-corrected chi connectivity index (χ4v) is 4.05. The molecular formula is C15H20N2O2S2. The highest BCUT2D eigenvalue weighted by atomic mass is 32.1. The van der Waals surface area contributed by atoms with Crippen LogP contribution < -0.4 is 0 Å². The second kappa shape index (κ2) is 6.68. The van der Waals surface area contributed by atoms with Crippen molar-refractivity contribution in [1.29, 1.82) is 0 Å². The Morgan fingerprint density at radius 1 is 1.38 bits per heavy atom. The summed E-state index contributed by atoms with van der Waals surface area (Å²) < 4.78 is 5.09. The minimum absolute atomic E-state index is 0.0277. The molecule has 1 amide bonds. The summed E-state index contributed by atoms with van der Waals surface area (Å²) in [6.45, 7) is 6.60. The van der Waals surface area contributed by atoms with Crippen molar-refractivity contribution in [2.75, 3.05) is 14.2 Å². The Morgan fingerprint density at radius 2 is 2.10 bits per heavy atom. The summed E-state index contributed by atoms with van der Waals surface area (Å²) >= 11 is 3.15. The number of thiophene rings is 1. The predicted molar refractivity (Wildman–Crippen MR) is 87.1 cm³/mol. The number of amides is 1. The van der Waals surface area contributed by atoms with Crippen LogP contribution in [0.4, 0.5) is 0 Å². The maximum atomic E-state index is 12.6. The van der Waals surface area contributed by atoms with Gasteiger partial charge in [-0.3, -0.25) is 4.79 Å². The molecule has 2 rings (SSSR count). The van der Waals surface area contributed by atoms with Gasteiger partial charge in [-0.1, -0.05) is 0 Å². The Kier molecular flexibility index (Phi) is 5.13. The van der Waals surface area contributed by atoms with Crippen LogP contribution in [-0.2, 0) is 11.3 Å². The minimum Gasteiger partial charge on any atom is -0.379 e. The first-order valence-electron chi connectivity index (χ1n) is 6.72. The van der Waals surface area contributed by atoms with E-state index in [1.807, 2.05) is 33.0 Å². The standard InChI is InChI=1S/C15H20N2O2S2/c1-9(14-10(2)20-11(3)16-14)17(4)15(18)13-7-6-12(21-13)8-19-5/h6-7,9H,8H2,1-5H3/t9-/m0/s1. The highest BCUT2D eigenvalue weighted by Gasteiger charge is 2.23. The third kappa shape index (κ3) is 3.51. The van der Waals surface area contributed by atoms with Gasteiger partial charge in [0, 0.05) is 23.9 Å². The van der Waals surface area contributed by atoms with Gasteiger partial charge in [0.15, 0.2) is 0 Å². The molecule has 0 saturated carbocycles. The van der Waals surface area contributed by atoms with Crippen LogP contribution in [0.3, 0.4) is 0 Å². The molecule has 6 heteroatoms. The van der Waals surface area contributed by atoms with Gasteiger partial charge < -0.3 is 9.64 Å². The predicted octanol–water partition coefficient (Wildman–Crippen LogP) is 3.80. The van der Waals surface area contributed by atoms with Crippen LogP contribution in [0.25, 0.3) is 0 Å². The Morgan fingerprint density at radius 3 is 2.67 bits per heavy atom. The van der Waals surface area contributed by atoms with E-state index in [0.29, 0.717) is 6.61 Å². The molecule has 0 fully saturated rings. The van der Waals surface area contributed by atoms with E-state index < -0.39 is 0 Å². The molecule has 0 spiro atoms. The maximum absolute atomic E-state index is 12.6. The highest BCUT2D eigenvalue weighted by Crippen LogP contribution is 2.28. The van der Waals surface area contributed by atoms with Gasteiger partial charge in [0.1, 0.15) is 0 Å². The van der Waals surface area contributed by atoms with E-state index in [2.05, 4.69) is 11.9 Å². The van der Waals surface area contributed by atoms with E-state index in [1.54, 1.807) is 23.3 Å². The first-order chi connectivity index (χ1) is 9.93. The van der Waals surface area contributed by atoms with E-state index in [-0.39, 0.29) is 11.9 Å². The molecule has 114 valence electrons. The van der Waals surface area contributed by atoms with Crippen molar-refractivity contribution in [2.24, 2.45) is 0 Å². The van der Waals surface area contributed by atoms with Crippen molar-refractivity contribution >= 4 is 28.6 Å². The van der Waals surface area contributed by atoms with E-state index in [1.165, 1.54) is 16.2 Å². The molecule has 0 bridgehead atoms. The summed E-state index contributed by atoms with van der Waals surface area (Å²) in [5.41, 5.74) is 0.988. The fourth-order valence-electron chi connectivity index (χ4n) is 2.18. The van der Waals surface area contributed by atoms with Crippen LogP contribution in [0.2, 0.25) is 0 Å². The molecule has 2 aromatic rings. The molecule has 0 saturated heterocycles. The maximum Gasteiger partial charge on any atom is 0.264 e. The molecule has 0 aliphatic carbocycles. The highest BCUT2D eigenvalue weighted by molar-refractivity contribution is 7.14. The number of nitrogens with zero attached hydrogens (tertiary/aromatic N) is 2. The Balaban J connectivity index is 2.16. The molecule has 0 aromatic carbocycles. The largest absolute Gasteiger partial charge is 0.379 e. The monoisotopic (exact) mass is 324 g/mol. The van der Waals surface area contributed by atoms with E-state index in [4.69, 9.17) is 4.74 Å². The topological polar surface area (TPSA) is 42.4 Å². The molecule has 1 atom stereocenters. The van der Waals surface area contributed by atoms with Gasteiger partial charge in [-0.2, -0.15) is 0 Å². The quantitative estimate of drug-likeness (QED) is 0.840. The number of hydrogen-bond acceptors (Lipinski definition) is 5. The summed E-state index contributed by atoms with van der Waals surface area (Å²) in [6.07, 6.45) is 0. The smallest absolute Gasteiger partial charge is 0.264 e. The number of ether oxygens (including phenoxy) is 1. The van der Waals surface area contributed by atoms with E-state index >= 15 is 0 Å². The molecule has 0 aliphatic heterocycles. The number of rotatable bonds is 5. The number of methoxy groups -OCH3 is 1. The van der Waals surface area contributed by atoms with Gasteiger partial charge in [-0.05, 0) is 32.9 Å². The van der Waals surface area contributed by atoms with Gasteiger partial charge in [-0.25, -0.2) is 4.98 Å². The van der Waals surface area contributed by atoms with E-state index in [0.717, 1.165) is 20.5 Å². The normalized spacial score (nSPS) is 12.4. The molecular weight excluding hydrogens is 304 g/mol. The van der Waals surface area contributed by atoms with Crippen LogP contribution >= 0.6 is 22.7 Å². The van der Waals surface area contributed by atoms with Crippen molar-refractivity contribution in [3.8, 4) is 0 Å². The third-order valence-electron chi connectivity index (χ3n) is 3.40. The summed E-state index contributed by atoms with van der Waals surface area (Å²) in [4.78, 5) is 21.8. The number of thiazole rings is 1. The third-order valence-corrected chi connectivity index (χ3v) is 5.34. The molecule has 0 radical (unpaired) electrons. The number of hydrogen-bond donors (Lipinski definition) is 0. The lowest BCUT2D eigenvalue weighted by atomic mass is 10.2. The number of carbonyl (C=O) groups excluding carboxylic acids is 1. The van der Waals surface area contributed by atoms with Crippen LogP contribution in [0, 0.1) is 13.8 Å². The molecule has 0 unspecified atom stereocenters. The Hall–Kier alpha value is -1.24. The van der Waals surface area contributed by atoms with Crippen LogP contribution in [0.15, 0.2) is 12.1 Å². The SMILES string of the molecule is COCc1ccc(C(=O)N(C)[C@@H](C)c2nc(C)sc2C)s1. The first-order valence-corrected chi connectivity index (χ1v) is 8.36. The van der Waals surface area contributed by atoms with Gasteiger partial charge >= 0.3 is 0 Å². The second-order valence-electron chi connectivity index (χ2n) is 4.97. The van der Waals surface area contributed by atoms with E-state index in [9.17, 15) is 4.79 Å². The summed E-state index contributed by atoms with van der Waals surface area (Å²) in [5.74, 6) is 0.0277. The lowest BCUT2D eigenvalue weighted by molar-refractivity contribution is 0.0744. The molecule has 2 aromatic heterocycles. The zero-order chi connectivity index (χ0) is 15.6. The molecule has 2 heterocycles. The first kappa shape index (κ1) is 16.1. The average Bonchev–Trinajstić information content (AvgIpc) is 3.03. The fraction of sp³-hybridized carbons (Fsp3) is 0.467. The minimum atomic E-state index is -0.0320. The van der Waals surface area contributed by atoms with Crippen molar-refractivity contribution in [3.63, 3.8) is 0 Å². The lowest BCUT2D eigenvalue weighted by Crippen LogP contribution is -2.29. The summed E-state index contributed by atoms with van der Waals surface area (Å²) in [6, 6.07) is 3.78. The number of carbonyl (C=O) groups is 1. The Labute approximate surface area is 133 Å². The van der Waals surface area contributed by atoms with Crippen molar-refractivity contribution in [1.82, 2.24) is 9.88 Å². The summed E-state index contributed by atoms with van der Waals surface area (Å²) in [5, 5.41) is 1.04. The zero-order valence-electron chi connectivity index (χ0n) is 13.0. The van der Waals surface area contributed by atoms with Crippen LogP contribution in [0.1, 0.15) is 43.1 Å². The van der Waals surface area contributed by atoms with Crippen LogP contribution in [0.5, 0.6) is 0 Å². The molecule has 4 nitrogen and oxygen atoms in total.